The minimum Gasteiger partial charge on any atom is -0.507 e. The second-order valence-corrected chi connectivity index (χ2v) is 8.64. The molecule has 1 N–H and O–H groups in total. The van der Waals surface area contributed by atoms with E-state index in [0.717, 1.165) is 0 Å². The summed E-state index contributed by atoms with van der Waals surface area (Å²) in [5.41, 5.74) is 0.921. The molecule has 0 saturated carbocycles. The van der Waals surface area contributed by atoms with Gasteiger partial charge in [-0.05, 0) is 50.0 Å². The first kappa shape index (κ1) is 22.5. The number of Topliss-reactive ketones (excluding diaryl/α,β-unsaturated/α-hetero) is 1. The van der Waals surface area contributed by atoms with Gasteiger partial charge in [0.2, 0.25) is 0 Å². The van der Waals surface area contributed by atoms with Crippen LogP contribution in [0.5, 0.6) is 11.5 Å². The molecule has 1 fully saturated rings. The topological polar surface area (TPSA) is 79.3 Å². The summed E-state index contributed by atoms with van der Waals surface area (Å²) in [5.74, 6) is -0.702. The van der Waals surface area contributed by atoms with Gasteiger partial charge in [-0.2, -0.15) is 0 Å². The van der Waals surface area contributed by atoms with Gasteiger partial charge >= 0.3 is 0 Å². The lowest BCUT2D eigenvalue weighted by Gasteiger charge is -2.27. The first-order valence-electron chi connectivity index (χ1n) is 10.1. The van der Waals surface area contributed by atoms with Crippen molar-refractivity contribution >= 4 is 40.7 Å². The molecule has 1 atom stereocenters. The van der Waals surface area contributed by atoms with Crippen LogP contribution in [0.3, 0.4) is 0 Å². The fourth-order valence-electron chi connectivity index (χ4n) is 3.79. The fraction of sp³-hybridized carbons (Fsp3) is 0.304. The predicted molar refractivity (Wildman–Crippen MR) is 121 cm³/mol. The van der Waals surface area contributed by atoms with Gasteiger partial charge < -0.3 is 24.4 Å². The standard InChI is InChI=1S/C23H22Cl2N2O5/c1-26(2)7-8-27-20(13-3-5-15(24)16(25)11-13)19(22(29)23(27)30)21(28)14-4-6-17-18(12-14)32-10-9-31-17/h3-6,11-12,20,28H,7-10H2,1-2H3/t20-/m0/s1. The summed E-state index contributed by atoms with van der Waals surface area (Å²) in [7, 11) is 3.75. The van der Waals surface area contributed by atoms with Gasteiger partial charge in [-0.1, -0.05) is 29.3 Å². The lowest BCUT2D eigenvalue weighted by atomic mass is 9.95. The minimum absolute atomic E-state index is 0.0103. The van der Waals surface area contributed by atoms with Crippen LogP contribution in [-0.4, -0.2) is 67.0 Å². The predicted octanol–water partition coefficient (Wildman–Crippen LogP) is 3.75. The van der Waals surface area contributed by atoms with E-state index in [-0.39, 0.29) is 11.3 Å². The molecule has 168 valence electrons. The number of rotatable bonds is 5. The molecule has 2 aliphatic heterocycles. The van der Waals surface area contributed by atoms with Gasteiger partial charge in [0.15, 0.2) is 11.5 Å². The molecule has 32 heavy (non-hydrogen) atoms. The maximum absolute atomic E-state index is 13.1. The van der Waals surface area contributed by atoms with Crippen molar-refractivity contribution in [2.75, 3.05) is 40.4 Å². The summed E-state index contributed by atoms with van der Waals surface area (Å²) in [6, 6.07) is 9.00. The third kappa shape index (κ3) is 4.16. The number of amides is 1. The summed E-state index contributed by atoms with van der Waals surface area (Å²) >= 11 is 12.3. The number of fused-ring (bicyclic) bond motifs is 1. The number of likely N-dealkylation sites (N-methyl/N-ethyl adjacent to an activating group) is 1. The Morgan fingerprint density at radius 2 is 1.78 bits per heavy atom. The number of likely N-dealkylation sites (tertiary alicyclic amines) is 1. The van der Waals surface area contributed by atoms with E-state index in [1.807, 2.05) is 19.0 Å². The third-order valence-corrected chi connectivity index (χ3v) is 6.14. The second kappa shape index (κ2) is 9.02. The number of benzene rings is 2. The molecule has 0 unspecified atom stereocenters. The molecule has 0 spiro atoms. The zero-order valence-electron chi connectivity index (χ0n) is 17.6. The van der Waals surface area contributed by atoms with Crippen LogP contribution in [-0.2, 0) is 9.59 Å². The molecular formula is C23H22Cl2N2O5. The monoisotopic (exact) mass is 476 g/mol. The van der Waals surface area contributed by atoms with Gasteiger partial charge in [0, 0.05) is 18.7 Å². The minimum atomic E-state index is -0.807. The smallest absolute Gasteiger partial charge is 0.295 e. The SMILES string of the molecule is CN(C)CCN1C(=O)C(=O)C(=C(O)c2ccc3c(c2)OCCO3)[C@@H]1c1ccc(Cl)c(Cl)c1. The van der Waals surface area contributed by atoms with Gasteiger partial charge in [0.25, 0.3) is 11.7 Å². The number of hydrogen-bond donors (Lipinski definition) is 1. The molecule has 9 heteroatoms. The zero-order chi connectivity index (χ0) is 23.0. The van der Waals surface area contributed by atoms with E-state index in [2.05, 4.69) is 0 Å². The largest absolute Gasteiger partial charge is 0.507 e. The van der Waals surface area contributed by atoms with Crippen LogP contribution in [0, 0.1) is 0 Å². The Kier molecular flexibility index (Phi) is 6.33. The molecule has 2 aromatic carbocycles. The summed E-state index contributed by atoms with van der Waals surface area (Å²) in [6.45, 7) is 1.65. The highest BCUT2D eigenvalue weighted by atomic mass is 35.5. The van der Waals surface area contributed by atoms with Crippen LogP contribution in [0.15, 0.2) is 42.0 Å². The number of halogens is 2. The van der Waals surface area contributed by atoms with Gasteiger partial charge in [0.1, 0.15) is 19.0 Å². The highest BCUT2D eigenvalue weighted by Crippen LogP contribution is 2.42. The van der Waals surface area contributed by atoms with E-state index >= 15 is 0 Å². The molecule has 0 aliphatic carbocycles. The van der Waals surface area contributed by atoms with Gasteiger partial charge in [0.05, 0.1) is 21.7 Å². The van der Waals surface area contributed by atoms with E-state index in [1.165, 1.54) is 4.90 Å². The van der Waals surface area contributed by atoms with Crippen LogP contribution < -0.4 is 9.47 Å². The van der Waals surface area contributed by atoms with E-state index < -0.39 is 17.7 Å². The molecule has 2 heterocycles. The average Bonchev–Trinajstić information content (AvgIpc) is 3.03. The Hall–Kier alpha value is -2.74. The van der Waals surface area contributed by atoms with Crippen LogP contribution >= 0.6 is 23.2 Å². The summed E-state index contributed by atoms with van der Waals surface area (Å²) in [5, 5.41) is 11.8. The Morgan fingerprint density at radius 3 is 2.47 bits per heavy atom. The summed E-state index contributed by atoms with van der Waals surface area (Å²) < 4.78 is 11.1. The van der Waals surface area contributed by atoms with Crippen LogP contribution in [0.1, 0.15) is 17.2 Å². The number of ketones is 1. The maximum Gasteiger partial charge on any atom is 0.295 e. The van der Waals surface area contributed by atoms with Crippen LogP contribution in [0.25, 0.3) is 5.76 Å². The molecule has 4 rings (SSSR count). The third-order valence-electron chi connectivity index (χ3n) is 5.40. The van der Waals surface area contributed by atoms with Crippen LogP contribution in [0.2, 0.25) is 10.0 Å². The molecule has 0 aromatic heterocycles. The Balaban J connectivity index is 1.84. The van der Waals surface area contributed by atoms with Gasteiger partial charge in [-0.15, -0.1) is 0 Å². The van der Waals surface area contributed by atoms with Crippen molar-refractivity contribution in [3.8, 4) is 11.5 Å². The Labute approximate surface area is 195 Å². The molecule has 1 amide bonds. The highest BCUT2D eigenvalue weighted by Gasteiger charge is 2.46. The maximum atomic E-state index is 13.1. The van der Waals surface area contributed by atoms with Crippen molar-refractivity contribution in [3.63, 3.8) is 0 Å². The van der Waals surface area contributed by atoms with Crippen molar-refractivity contribution in [1.29, 1.82) is 0 Å². The Bertz CT molecular complexity index is 1120. The summed E-state index contributed by atoms with van der Waals surface area (Å²) in [4.78, 5) is 29.4. The lowest BCUT2D eigenvalue weighted by molar-refractivity contribution is -0.140. The summed E-state index contributed by atoms with van der Waals surface area (Å²) in [6.07, 6.45) is 0. The number of hydrogen-bond acceptors (Lipinski definition) is 6. The molecule has 2 aliphatic rings. The number of ether oxygens (including phenoxy) is 2. The second-order valence-electron chi connectivity index (χ2n) is 7.83. The van der Waals surface area contributed by atoms with Gasteiger partial charge in [-0.3, -0.25) is 9.59 Å². The van der Waals surface area contributed by atoms with Crippen LogP contribution in [0.4, 0.5) is 0 Å². The number of aliphatic hydroxyl groups excluding tert-OH is 1. The van der Waals surface area contributed by atoms with E-state index in [1.54, 1.807) is 36.4 Å². The van der Waals surface area contributed by atoms with Crippen molar-refractivity contribution in [3.05, 3.63) is 63.1 Å². The van der Waals surface area contributed by atoms with Crippen molar-refractivity contribution < 1.29 is 24.2 Å². The van der Waals surface area contributed by atoms with Crippen molar-refractivity contribution in [1.82, 2.24) is 9.80 Å². The van der Waals surface area contributed by atoms with E-state index in [0.29, 0.717) is 59.0 Å². The normalized spacial score (nSPS) is 19.7. The fourth-order valence-corrected chi connectivity index (χ4v) is 4.10. The number of aliphatic hydroxyl groups is 1. The Morgan fingerprint density at radius 1 is 1.06 bits per heavy atom. The first-order valence-corrected chi connectivity index (χ1v) is 10.8. The van der Waals surface area contributed by atoms with Crippen molar-refractivity contribution in [2.45, 2.75) is 6.04 Å². The quantitative estimate of drug-likeness (QED) is 0.402. The van der Waals surface area contributed by atoms with Crippen molar-refractivity contribution in [2.24, 2.45) is 0 Å². The van der Waals surface area contributed by atoms with Gasteiger partial charge in [-0.25, -0.2) is 0 Å². The highest BCUT2D eigenvalue weighted by molar-refractivity contribution is 6.46. The molecule has 0 bridgehead atoms. The average molecular weight is 477 g/mol. The first-order chi connectivity index (χ1) is 15.3. The zero-order valence-corrected chi connectivity index (χ0v) is 19.1. The molecule has 1 saturated heterocycles. The van der Waals surface area contributed by atoms with E-state index in [9.17, 15) is 14.7 Å². The molecule has 2 aromatic rings. The molecule has 0 radical (unpaired) electrons. The molecular weight excluding hydrogens is 455 g/mol. The number of nitrogens with zero attached hydrogens (tertiary/aromatic N) is 2. The van der Waals surface area contributed by atoms with E-state index in [4.69, 9.17) is 32.7 Å². The lowest BCUT2D eigenvalue weighted by Crippen LogP contribution is -2.35. The number of carbonyl (C=O) groups is 2. The molecule has 7 nitrogen and oxygen atoms in total. The number of carbonyl (C=O) groups excluding carboxylic acids is 2.